The van der Waals surface area contributed by atoms with Gasteiger partial charge in [-0.3, -0.25) is 4.79 Å². The highest BCUT2D eigenvalue weighted by molar-refractivity contribution is 5.84. The number of nitrogens with zero attached hydrogens (tertiary/aromatic N) is 1. The van der Waals surface area contributed by atoms with Gasteiger partial charge in [0.25, 0.3) is 0 Å². The average molecular weight is 269 g/mol. The van der Waals surface area contributed by atoms with E-state index in [4.69, 9.17) is 5.73 Å². The van der Waals surface area contributed by atoms with E-state index in [-0.39, 0.29) is 5.91 Å². The summed E-state index contributed by atoms with van der Waals surface area (Å²) in [7, 11) is 0. The predicted octanol–water partition coefficient (Wildman–Crippen LogP) is 1.74. The number of amides is 1. The summed E-state index contributed by atoms with van der Waals surface area (Å²) in [5.74, 6) is 0.599. The van der Waals surface area contributed by atoms with E-state index in [1.54, 1.807) is 0 Å². The Morgan fingerprint density at radius 1 is 1.47 bits per heavy atom. The van der Waals surface area contributed by atoms with Crippen LogP contribution in [0.4, 0.5) is 0 Å². The molecule has 1 amide bonds. The van der Waals surface area contributed by atoms with Crippen LogP contribution in [0.5, 0.6) is 0 Å². The molecule has 1 rings (SSSR count). The topological polar surface area (TPSA) is 58.4 Å². The first kappa shape index (κ1) is 16.4. The van der Waals surface area contributed by atoms with Crippen molar-refractivity contribution in [3.63, 3.8) is 0 Å². The summed E-state index contributed by atoms with van der Waals surface area (Å²) in [6.45, 7) is 11.7. The van der Waals surface area contributed by atoms with Crippen molar-refractivity contribution < 1.29 is 4.79 Å². The number of hydrogen-bond donors (Lipinski definition) is 2. The summed E-state index contributed by atoms with van der Waals surface area (Å²) in [4.78, 5) is 14.2. The molecule has 2 unspecified atom stereocenters. The Balaban J connectivity index is 2.55. The summed E-state index contributed by atoms with van der Waals surface area (Å²) in [5, 5.41) is 3.32. The van der Waals surface area contributed by atoms with Gasteiger partial charge < -0.3 is 16.0 Å². The summed E-state index contributed by atoms with van der Waals surface area (Å²) in [6.07, 6.45) is 4.33. The molecule has 0 radical (unpaired) electrons. The zero-order valence-corrected chi connectivity index (χ0v) is 13.0. The number of carbonyl (C=O) groups excluding carboxylic acids is 1. The van der Waals surface area contributed by atoms with Crippen LogP contribution in [0.15, 0.2) is 0 Å². The average Bonchev–Trinajstić information content (AvgIpc) is 2.36. The molecule has 1 aliphatic rings. The molecule has 2 atom stereocenters. The van der Waals surface area contributed by atoms with Crippen LogP contribution >= 0.6 is 0 Å². The molecule has 4 nitrogen and oxygen atoms in total. The molecule has 0 spiro atoms. The molecule has 1 heterocycles. The van der Waals surface area contributed by atoms with Crippen molar-refractivity contribution in [2.45, 2.75) is 65.0 Å². The number of likely N-dealkylation sites (tertiary alicyclic amines) is 1. The van der Waals surface area contributed by atoms with Crippen molar-refractivity contribution in [3.8, 4) is 0 Å². The number of nitrogens with one attached hydrogen (secondary N) is 1. The van der Waals surface area contributed by atoms with Gasteiger partial charge in [-0.15, -0.1) is 0 Å². The van der Waals surface area contributed by atoms with E-state index in [9.17, 15) is 4.79 Å². The second kappa shape index (κ2) is 7.25. The molecular formula is C15H31N3O. The smallest absolute Gasteiger partial charge is 0.237 e. The van der Waals surface area contributed by atoms with E-state index in [1.807, 2.05) is 6.92 Å². The maximum absolute atomic E-state index is 11.7. The van der Waals surface area contributed by atoms with Gasteiger partial charge in [0, 0.05) is 6.04 Å². The van der Waals surface area contributed by atoms with Gasteiger partial charge in [-0.05, 0) is 65.1 Å². The van der Waals surface area contributed by atoms with E-state index in [2.05, 4.69) is 31.0 Å². The largest absolute Gasteiger partial charge is 0.368 e. The Morgan fingerprint density at radius 2 is 2.05 bits per heavy atom. The lowest BCUT2D eigenvalue weighted by molar-refractivity contribution is -0.124. The number of primary amides is 1. The SMILES string of the molecule is CCCNC(C)(CC(C)N1CCC(C)CC1)C(N)=O. The van der Waals surface area contributed by atoms with Gasteiger partial charge in [-0.2, -0.15) is 0 Å². The number of hydrogen-bond acceptors (Lipinski definition) is 3. The van der Waals surface area contributed by atoms with Crippen LogP contribution in [0.25, 0.3) is 0 Å². The fraction of sp³-hybridized carbons (Fsp3) is 0.933. The first-order chi connectivity index (χ1) is 8.89. The van der Waals surface area contributed by atoms with Gasteiger partial charge >= 0.3 is 0 Å². The zero-order valence-electron chi connectivity index (χ0n) is 13.0. The van der Waals surface area contributed by atoms with Gasteiger partial charge in [0.05, 0.1) is 5.54 Å². The van der Waals surface area contributed by atoms with Crippen molar-refractivity contribution in [2.75, 3.05) is 19.6 Å². The molecule has 0 aromatic carbocycles. The summed E-state index contributed by atoms with van der Waals surface area (Å²) < 4.78 is 0. The van der Waals surface area contributed by atoms with Gasteiger partial charge in [0.2, 0.25) is 5.91 Å². The standard InChI is InChI=1S/C15H31N3O/c1-5-8-17-15(4,14(16)19)11-13(3)18-9-6-12(2)7-10-18/h12-13,17H,5-11H2,1-4H3,(H2,16,19). The molecule has 0 aliphatic carbocycles. The van der Waals surface area contributed by atoms with Crippen LogP contribution in [-0.2, 0) is 4.79 Å². The monoisotopic (exact) mass is 269 g/mol. The van der Waals surface area contributed by atoms with E-state index in [0.29, 0.717) is 6.04 Å². The lowest BCUT2D eigenvalue weighted by atomic mass is 9.90. The molecule has 0 aromatic rings. The van der Waals surface area contributed by atoms with Crippen LogP contribution in [-0.4, -0.2) is 42.0 Å². The van der Waals surface area contributed by atoms with E-state index in [1.165, 1.54) is 12.8 Å². The van der Waals surface area contributed by atoms with Gasteiger partial charge in [0.15, 0.2) is 0 Å². The van der Waals surface area contributed by atoms with Crippen LogP contribution in [0.3, 0.4) is 0 Å². The normalized spacial score (nSPS) is 22.9. The van der Waals surface area contributed by atoms with E-state index in [0.717, 1.165) is 38.4 Å². The van der Waals surface area contributed by atoms with Crippen LogP contribution < -0.4 is 11.1 Å². The van der Waals surface area contributed by atoms with Crippen molar-refractivity contribution in [2.24, 2.45) is 11.7 Å². The molecule has 1 aliphatic heterocycles. The Morgan fingerprint density at radius 3 is 2.53 bits per heavy atom. The first-order valence-corrected chi connectivity index (χ1v) is 7.68. The molecule has 3 N–H and O–H groups in total. The summed E-state index contributed by atoms with van der Waals surface area (Å²) in [6, 6.07) is 0.398. The highest BCUT2D eigenvalue weighted by atomic mass is 16.1. The third-order valence-electron chi connectivity index (χ3n) is 4.45. The van der Waals surface area contributed by atoms with E-state index >= 15 is 0 Å². The minimum absolute atomic E-state index is 0.238. The van der Waals surface area contributed by atoms with E-state index < -0.39 is 5.54 Å². The number of carbonyl (C=O) groups is 1. The molecular weight excluding hydrogens is 238 g/mol. The van der Waals surface area contributed by atoms with Crippen LogP contribution in [0.1, 0.15) is 53.4 Å². The van der Waals surface area contributed by atoms with Crippen molar-refractivity contribution in [3.05, 3.63) is 0 Å². The predicted molar refractivity (Wildman–Crippen MR) is 79.9 cm³/mol. The Bertz CT molecular complexity index is 287. The maximum atomic E-state index is 11.7. The third-order valence-corrected chi connectivity index (χ3v) is 4.45. The Hall–Kier alpha value is -0.610. The minimum atomic E-state index is -0.585. The fourth-order valence-electron chi connectivity index (χ4n) is 2.85. The van der Waals surface area contributed by atoms with Crippen molar-refractivity contribution in [1.82, 2.24) is 10.2 Å². The molecule has 0 bridgehead atoms. The van der Waals surface area contributed by atoms with Crippen LogP contribution in [0, 0.1) is 5.92 Å². The van der Waals surface area contributed by atoms with Crippen molar-refractivity contribution >= 4 is 5.91 Å². The van der Waals surface area contributed by atoms with Gasteiger partial charge in [-0.1, -0.05) is 13.8 Å². The second-order valence-corrected chi connectivity index (χ2v) is 6.39. The quantitative estimate of drug-likeness (QED) is 0.740. The Labute approximate surface area is 118 Å². The zero-order chi connectivity index (χ0) is 14.5. The Kier molecular flexibility index (Phi) is 6.27. The fourth-order valence-corrected chi connectivity index (χ4v) is 2.85. The maximum Gasteiger partial charge on any atom is 0.237 e. The lowest BCUT2D eigenvalue weighted by Gasteiger charge is -2.39. The molecule has 1 saturated heterocycles. The first-order valence-electron chi connectivity index (χ1n) is 7.68. The molecule has 19 heavy (non-hydrogen) atoms. The molecule has 4 heteroatoms. The second-order valence-electron chi connectivity index (χ2n) is 6.39. The number of rotatable bonds is 7. The van der Waals surface area contributed by atoms with Gasteiger partial charge in [0.1, 0.15) is 0 Å². The number of nitrogens with two attached hydrogens (primary N) is 1. The molecule has 0 saturated carbocycles. The minimum Gasteiger partial charge on any atom is -0.368 e. The molecule has 0 aromatic heterocycles. The third kappa shape index (κ3) is 4.77. The van der Waals surface area contributed by atoms with Gasteiger partial charge in [-0.25, -0.2) is 0 Å². The van der Waals surface area contributed by atoms with Crippen molar-refractivity contribution in [1.29, 1.82) is 0 Å². The highest BCUT2D eigenvalue weighted by Crippen LogP contribution is 2.22. The highest BCUT2D eigenvalue weighted by Gasteiger charge is 2.34. The number of piperidine rings is 1. The van der Waals surface area contributed by atoms with Crippen LogP contribution in [0.2, 0.25) is 0 Å². The summed E-state index contributed by atoms with van der Waals surface area (Å²) in [5.41, 5.74) is 5.01. The molecule has 1 fully saturated rings. The lowest BCUT2D eigenvalue weighted by Crippen LogP contribution is -2.57. The summed E-state index contributed by atoms with van der Waals surface area (Å²) >= 11 is 0. The molecule has 112 valence electrons.